The van der Waals surface area contributed by atoms with E-state index in [0.29, 0.717) is 22.4 Å². The summed E-state index contributed by atoms with van der Waals surface area (Å²) in [5, 5.41) is 9.39. The van der Waals surface area contributed by atoms with E-state index in [1.165, 1.54) is 5.56 Å². The van der Waals surface area contributed by atoms with Crippen LogP contribution in [0.1, 0.15) is 26.3 Å². The van der Waals surface area contributed by atoms with Crippen molar-refractivity contribution in [2.24, 2.45) is 11.8 Å². The third-order valence-electron chi connectivity index (χ3n) is 2.83. The topological polar surface area (TPSA) is 20.2 Å². The number of alkyl halides is 1. The molecule has 1 aromatic carbocycles. The number of benzene rings is 1. The molecule has 0 bridgehead atoms. The minimum absolute atomic E-state index is 0.359. The maximum Gasteiger partial charge on any atom is 0.115 e. The Morgan fingerprint density at radius 3 is 2.40 bits per heavy atom. The van der Waals surface area contributed by atoms with Crippen molar-refractivity contribution >= 4 is 15.9 Å². The summed E-state index contributed by atoms with van der Waals surface area (Å²) in [5.41, 5.74) is 1.21. The number of rotatable bonds is 4. The number of phenolic OH excluding ortho intramolecular Hbond substituents is 1. The number of aromatic hydroxyl groups is 1. The molecule has 0 saturated heterocycles. The van der Waals surface area contributed by atoms with Gasteiger partial charge in [0.1, 0.15) is 5.75 Å². The second kappa shape index (κ2) is 5.55. The molecule has 0 spiro atoms. The van der Waals surface area contributed by atoms with Crippen LogP contribution in [0.5, 0.6) is 5.75 Å². The molecule has 0 aliphatic heterocycles. The van der Waals surface area contributed by atoms with E-state index < -0.39 is 0 Å². The lowest BCUT2D eigenvalue weighted by Gasteiger charge is -2.23. The van der Waals surface area contributed by atoms with Crippen molar-refractivity contribution in [2.75, 3.05) is 0 Å². The molecule has 0 radical (unpaired) electrons. The summed E-state index contributed by atoms with van der Waals surface area (Å²) in [6, 6.07) is 7.54. The molecule has 1 rings (SSSR count). The molecule has 1 aromatic rings. The van der Waals surface area contributed by atoms with Crippen LogP contribution in [0.4, 0.5) is 0 Å². The Balaban J connectivity index is 2.74. The third-order valence-corrected chi connectivity index (χ3v) is 3.51. The van der Waals surface area contributed by atoms with Crippen molar-refractivity contribution in [3.8, 4) is 5.75 Å². The summed E-state index contributed by atoms with van der Waals surface area (Å²) < 4.78 is 0. The SMILES string of the molecule is CC(C)C(Cc1cccc(O)c1)C(C)Br. The fourth-order valence-electron chi connectivity index (χ4n) is 1.88. The normalized spacial score (nSPS) is 15.3. The van der Waals surface area contributed by atoms with E-state index in [2.05, 4.69) is 42.8 Å². The minimum atomic E-state index is 0.359. The first-order valence-corrected chi connectivity index (χ1v) is 6.34. The zero-order chi connectivity index (χ0) is 11.4. The zero-order valence-corrected chi connectivity index (χ0v) is 11.2. The predicted molar refractivity (Wildman–Crippen MR) is 68.5 cm³/mol. The van der Waals surface area contributed by atoms with E-state index in [0.717, 1.165) is 6.42 Å². The molecule has 0 fully saturated rings. The average molecular weight is 271 g/mol. The van der Waals surface area contributed by atoms with E-state index in [1.807, 2.05) is 12.1 Å². The van der Waals surface area contributed by atoms with Crippen molar-refractivity contribution in [2.45, 2.75) is 32.0 Å². The van der Waals surface area contributed by atoms with Crippen molar-refractivity contribution < 1.29 is 5.11 Å². The number of halogens is 1. The molecule has 1 nitrogen and oxygen atoms in total. The molecule has 2 atom stereocenters. The quantitative estimate of drug-likeness (QED) is 0.821. The molecule has 2 unspecified atom stereocenters. The molecule has 0 aliphatic carbocycles. The fourth-order valence-corrected chi connectivity index (χ4v) is 2.68. The first-order valence-electron chi connectivity index (χ1n) is 5.42. The second-order valence-electron chi connectivity index (χ2n) is 4.46. The number of phenols is 1. The molecule has 0 aliphatic rings. The van der Waals surface area contributed by atoms with E-state index in [1.54, 1.807) is 6.07 Å². The van der Waals surface area contributed by atoms with Crippen LogP contribution in [0.2, 0.25) is 0 Å². The highest BCUT2D eigenvalue weighted by Gasteiger charge is 2.19. The second-order valence-corrected chi connectivity index (χ2v) is 5.90. The van der Waals surface area contributed by atoms with Crippen molar-refractivity contribution in [3.05, 3.63) is 29.8 Å². The van der Waals surface area contributed by atoms with Gasteiger partial charge in [0.25, 0.3) is 0 Å². The number of hydrogen-bond acceptors (Lipinski definition) is 1. The smallest absolute Gasteiger partial charge is 0.115 e. The van der Waals surface area contributed by atoms with E-state index in [-0.39, 0.29) is 0 Å². The molecule has 0 amide bonds. The Hall–Kier alpha value is -0.500. The molecule has 2 heteroatoms. The minimum Gasteiger partial charge on any atom is -0.508 e. The lowest BCUT2D eigenvalue weighted by molar-refractivity contribution is 0.383. The van der Waals surface area contributed by atoms with Gasteiger partial charge in [0, 0.05) is 4.83 Å². The van der Waals surface area contributed by atoms with Gasteiger partial charge in [0.05, 0.1) is 0 Å². The van der Waals surface area contributed by atoms with E-state index in [4.69, 9.17) is 0 Å². The molecule has 0 heterocycles. The van der Waals surface area contributed by atoms with Crippen LogP contribution >= 0.6 is 15.9 Å². The highest BCUT2D eigenvalue weighted by Crippen LogP contribution is 2.26. The van der Waals surface area contributed by atoms with Gasteiger partial charge in [0.2, 0.25) is 0 Å². The number of hydrogen-bond donors (Lipinski definition) is 1. The zero-order valence-electron chi connectivity index (χ0n) is 9.57. The maximum absolute atomic E-state index is 9.39. The molecule has 84 valence electrons. The first kappa shape index (κ1) is 12.6. The Kier molecular flexibility index (Phi) is 4.65. The Labute approximate surface area is 101 Å². The standard InChI is InChI=1S/C13H19BrO/c1-9(2)13(10(3)14)8-11-5-4-6-12(15)7-11/h4-7,9-10,13,15H,8H2,1-3H3. The van der Waals surface area contributed by atoms with E-state index >= 15 is 0 Å². The first-order chi connectivity index (χ1) is 7.00. The van der Waals surface area contributed by atoms with Crippen LogP contribution < -0.4 is 0 Å². The monoisotopic (exact) mass is 270 g/mol. The lowest BCUT2D eigenvalue weighted by Crippen LogP contribution is -2.20. The molecule has 0 saturated carbocycles. The molecule has 1 N–H and O–H groups in total. The van der Waals surface area contributed by atoms with Gasteiger partial charge >= 0.3 is 0 Å². The largest absolute Gasteiger partial charge is 0.508 e. The van der Waals surface area contributed by atoms with Gasteiger partial charge in [0.15, 0.2) is 0 Å². The molecular formula is C13H19BrO. The molecular weight excluding hydrogens is 252 g/mol. The van der Waals surface area contributed by atoms with Crippen LogP contribution in [-0.4, -0.2) is 9.93 Å². The average Bonchev–Trinajstić information content (AvgIpc) is 2.13. The Morgan fingerprint density at radius 2 is 1.93 bits per heavy atom. The summed E-state index contributed by atoms with van der Waals surface area (Å²) in [6.07, 6.45) is 1.01. The van der Waals surface area contributed by atoms with Crippen LogP contribution in [-0.2, 0) is 6.42 Å². The van der Waals surface area contributed by atoms with Gasteiger partial charge in [-0.05, 0) is 36.0 Å². The van der Waals surface area contributed by atoms with Crippen molar-refractivity contribution in [1.82, 2.24) is 0 Å². The van der Waals surface area contributed by atoms with E-state index in [9.17, 15) is 5.11 Å². The van der Waals surface area contributed by atoms with Gasteiger partial charge < -0.3 is 5.11 Å². The highest BCUT2D eigenvalue weighted by molar-refractivity contribution is 9.09. The Morgan fingerprint density at radius 1 is 1.27 bits per heavy atom. The van der Waals surface area contributed by atoms with Crippen molar-refractivity contribution in [1.29, 1.82) is 0 Å². The molecule has 0 aromatic heterocycles. The van der Waals surface area contributed by atoms with Gasteiger partial charge in [-0.25, -0.2) is 0 Å². The van der Waals surface area contributed by atoms with Crippen LogP contribution in [0.25, 0.3) is 0 Å². The summed E-state index contributed by atoms with van der Waals surface area (Å²) in [4.78, 5) is 0.500. The lowest BCUT2D eigenvalue weighted by atomic mass is 9.87. The van der Waals surface area contributed by atoms with Crippen LogP contribution in [0.3, 0.4) is 0 Å². The predicted octanol–water partition coefficient (Wildman–Crippen LogP) is 3.99. The summed E-state index contributed by atoms with van der Waals surface area (Å²) in [5.74, 6) is 1.60. The Bertz CT molecular complexity index is 299. The summed E-state index contributed by atoms with van der Waals surface area (Å²) in [6.45, 7) is 6.67. The fraction of sp³-hybridized carbons (Fsp3) is 0.538. The third kappa shape index (κ3) is 3.86. The van der Waals surface area contributed by atoms with Crippen LogP contribution in [0, 0.1) is 11.8 Å². The van der Waals surface area contributed by atoms with Crippen LogP contribution in [0.15, 0.2) is 24.3 Å². The van der Waals surface area contributed by atoms with Gasteiger partial charge in [-0.3, -0.25) is 0 Å². The van der Waals surface area contributed by atoms with Gasteiger partial charge in [-0.15, -0.1) is 0 Å². The maximum atomic E-state index is 9.39. The summed E-state index contributed by atoms with van der Waals surface area (Å²) in [7, 11) is 0. The highest BCUT2D eigenvalue weighted by atomic mass is 79.9. The van der Waals surface area contributed by atoms with Gasteiger partial charge in [-0.1, -0.05) is 48.8 Å². The van der Waals surface area contributed by atoms with Crippen molar-refractivity contribution in [3.63, 3.8) is 0 Å². The van der Waals surface area contributed by atoms with Gasteiger partial charge in [-0.2, -0.15) is 0 Å². The summed E-state index contributed by atoms with van der Waals surface area (Å²) >= 11 is 3.65. The molecule has 15 heavy (non-hydrogen) atoms.